The second-order valence-corrected chi connectivity index (χ2v) is 5.83. The van der Waals surface area contributed by atoms with Crippen LogP contribution in [-0.4, -0.2) is 28.2 Å². The lowest BCUT2D eigenvalue weighted by molar-refractivity contribution is -0.143. The molecule has 1 fully saturated rings. The van der Waals surface area contributed by atoms with Gasteiger partial charge in [-0.15, -0.1) is 0 Å². The van der Waals surface area contributed by atoms with E-state index in [0.717, 1.165) is 18.5 Å². The zero-order valence-electron chi connectivity index (χ0n) is 13.3. The normalized spacial score (nSPS) is 16.9. The van der Waals surface area contributed by atoms with E-state index >= 15 is 0 Å². The van der Waals surface area contributed by atoms with Gasteiger partial charge in [0.25, 0.3) is 0 Å². The molecule has 1 atom stereocenters. The minimum absolute atomic E-state index is 0.181. The van der Waals surface area contributed by atoms with E-state index in [1.807, 2.05) is 18.2 Å². The monoisotopic (exact) mass is 327 g/mol. The lowest BCUT2D eigenvalue weighted by Gasteiger charge is -2.23. The second kappa shape index (κ2) is 6.78. The van der Waals surface area contributed by atoms with Crippen LogP contribution in [0, 0.1) is 12.7 Å². The van der Waals surface area contributed by atoms with Gasteiger partial charge < -0.3 is 10.2 Å². The summed E-state index contributed by atoms with van der Waals surface area (Å²) in [5.41, 5.74) is 1.60. The smallest absolute Gasteiger partial charge is 0.313 e. The summed E-state index contributed by atoms with van der Waals surface area (Å²) in [5.74, 6) is -1.66. The maximum atomic E-state index is 13.3. The fourth-order valence-corrected chi connectivity index (χ4v) is 2.93. The van der Waals surface area contributed by atoms with Gasteiger partial charge in [-0.25, -0.2) is 4.39 Å². The van der Waals surface area contributed by atoms with Crippen LogP contribution in [-0.2, 0) is 9.59 Å². The standard InChI is InChI=1S/C18H18FN3O2/c1-12-11-13(7-8-14(12)19)21-17(23)18(24)22-10-4-6-16(22)15-5-2-3-9-20-15/h2-3,5,7-9,11,16H,4,6,10H2,1H3,(H,21,23)/t16-/m0/s1. The molecule has 0 spiro atoms. The molecule has 1 N–H and O–H groups in total. The number of rotatable bonds is 2. The molecule has 1 aliphatic heterocycles. The number of pyridine rings is 1. The SMILES string of the molecule is Cc1cc(NC(=O)C(=O)N2CCC[C@H]2c2ccccn2)ccc1F. The van der Waals surface area contributed by atoms with Crippen LogP contribution in [0.3, 0.4) is 0 Å². The van der Waals surface area contributed by atoms with Crippen molar-refractivity contribution in [2.45, 2.75) is 25.8 Å². The van der Waals surface area contributed by atoms with Gasteiger partial charge in [-0.3, -0.25) is 14.6 Å². The van der Waals surface area contributed by atoms with Crippen molar-refractivity contribution in [3.63, 3.8) is 0 Å². The van der Waals surface area contributed by atoms with E-state index in [-0.39, 0.29) is 11.9 Å². The fourth-order valence-electron chi connectivity index (χ4n) is 2.93. The van der Waals surface area contributed by atoms with E-state index in [1.54, 1.807) is 18.0 Å². The number of aromatic nitrogens is 1. The summed E-state index contributed by atoms with van der Waals surface area (Å²) in [6.07, 6.45) is 3.29. The first-order valence-corrected chi connectivity index (χ1v) is 7.85. The third-order valence-corrected chi connectivity index (χ3v) is 4.15. The lowest BCUT2D eigenvalue weighted by Crippen LogP contribution is -2.39. The molecule has 24 heavy (non-hydrogen) atoms. The van der Waals surface area contributed by atoms with Gasteiger partial charge in [0.2, 0.25) is 0 Å². The van der Waals surface area contributed by atoms with E-state index in [2.05, 4.69) is 10.3 Å². The zero-order chi connectivity index (χ0) is 17.1. The quantitative estimate of drug-likeness (QED) is 0.863. The van der Waals surface area contributed by atoms with Crippen molar-refractivity contribution < 1.29 is 14.0 Å². The van der Waals surface area contributed by atoms with Crippen LogP contribution in [0.4, 0.5) is 10.1 Å². The van der Waals surface area contributed by atoms with Crippen molar-refractivity contribution in [3.8, 4) is 0 Å². The van der Waals surface area contributed by atoms with Crippen LogP contribution in [0.5, 0.6) is 0 Å². The van der Waals surface area contributed by atoms with Gasteiger partial charge in [0.15, 0.2) is 0 Å². The van der Waals surface area contributed by atoms with Crippen molar-refractivity contribution in [3.05, 3.63) is 59.7 Å². The Morgan fingerprint density at radius 1 is 1.29 bits per heavy atom. The highest BCUT2D eigenvalue weighted by atomic mass is 19.1. The van der Waals surface area contributed by atoms with E-state index in [9.17, 15) is 14.0 Å². The minimum Gasteiger partial charge on any atom is -0.326 e. The van der Waals surface area contributed by atoms with Crippen molar-refractivity contribution in [2.24, 2.45) is 0 Å². The molecule has 1 aromatic heterocycles. The molecule has 2 aromatic rings. The van der Waals surface area contributed by atoms with Crippen molar-refractivity contribution in [1.82, 2.24) is 9.88 Å². The van der Waals surface area contributed by atoms with Crippen LogP contribution < -0.4 is 5.32 Å². The van der Waals surface area contributed by atoms with E-state index in [0.29, 0.717) is 17.8 Å². The van der Waals surface area contributed by atoms with Gasteiger partial charge >= 0.3 is 11.8 Å². The summed E-state index contributed by atoms with van der Waals surface area (Å²) < 4.78 is 13.3. The number of nitrogens with one attached hydrogen (secondary N) is 1. The van der Waals surface area contributed by atoms with Gasteiger partial charge in [0.1, 0.15) is 5.82 Å². The molecule has 0 unspecified atom stereocenters. The van der Waals surface area contributed by atoms with Gasteiger partial charge in [-0.05, 0) is 55.7 Å². The molecule has 2 amide bonds. The highest BCUT2D eigenvalue weighted by Crippen LogP contribution is 2.30. The Hall–Kier alpha value is -2.76. The Bertz CT molecular complexity index is 764. The molecule has 1 aliphatic rings. The number of aryl methyl sites for hydroxylation is 1. The van der Waals surface area contributed by atoms with Crippen LogP contribution in [0.2, 0.25) is 0 Å². The third-order valence-electron chi connectivity index (χ3n) is 4.15. The van der Waals surface area contributed by atoms with E-state index in [4.69, 9.17) is 0 Å². The lowest BCUT2D eigenvalue weighted by atomic mass is 10.1. The molecule has 2 heterocycles. The van der Waals surface area contributed by atoms with Gasteiger partial charge in [0.05, 0.1) is 11.7 Å². The molecule has 3 rings (SSSR count). The number of halogens is 1. The van der Waals surface area contributed by atoms with Gasteiger partial charge in [-0.2, -0.15) is 0 Å². The van der Waals surface area contributed by atoms with Gasteiger partial charge in [0, 0.05) is 18.4 Å². The maximum absolute atomic E-state index is 13.3. The van der Waals surface area contributed by atoms with Crippen LogP contribution >= 0.6 is 0 Å². The highest BCUT2D eigenvalue weighted by molar-refractivity contribution is 6.39. The molecule has 1 saturated heterocycles. The van der Waals surface area contributed by atoms with Crippen LogP contribution in [0.25, 0.3) is 0 Å². The number of nitrogens with zero attached hydrogens (tertiary/aromatic N) is 2. The molecule has 0 bridgehead atoms. The first-order chi connectivity index (χ1) is 11.6. The average Bonchev–Trinajstić information content (AvgIpc) is 3.08. The molecule has 0 aliphatic carbocycles. The molecule has 124 valence electrons. The molecular weight excluding hydrogens is 309 g/mol. The summed E-state index contributed by atoms with van der Waals surface area (Å²) in [4.78, 5) is 30.6. The maximum Gasteiger partial charge on any atom is 0.313 e. The third kappa shape index (κ3) is 3.27. The summed E-state index contributed by atoms with van der Waals surface area (Å²) in [5, 5.41) is 2.54. The van der Waals surface area contributed by atoms with Crippen molar-refractivity contribution in [2.75, 3.05) is 11.9 Å². The molecule has 0 radical (unpaired) electrons. The molecule has 6 heteroatoms. The molecule has 1 aromatic carbocycles. The Morgan fingerprint density at radius 3 is 2.83 bits per heavy atom. The second-order valence-electron chi connectivity index (χ2n) is 5.83. The van der Waals surface area contributed by atoms with Crippen molar-refractivity contribution in [1.29, 1.82) is 0 Å². The predicted octanol–water partition coefficient (Wildman–Crippen LogP) is 2.83. The summed E-state index contributed by atoms with van der Waals surface area (Å²) in [7, 11) is 0. The largest absolute Gasteiger partial charge is 0.326 e. The predicted molar refractivity (Wildman–Crippen MR) is 87.7 cm³/mol. The Labute approximate surface area is 139 Å². The van der Waals surface area contributed by atoms with Gasteiger partial charge in [-0.1, -0.05) is 6.07 Å². The first kappa shape index (κ1) is 16.1. The molecular formula is C18H18FN3O2. The summed E-state index contributed by atoms with van der Waals surface area (Å²) in [6, 6.07) is 9.56. The minimum atomic E-state index is -0.719. The molecule has 0 saturated carbocycles. The zero-order valence-corrected chi connectivity index (χ0v) is 13.3. The topological polar surface area (TPSA) is 62.3 Å². The fraction of sp³-hybridized carbons (Fsp3) is 0.278. The Kier molecular flexibility index (Phi) is 4.55. The number of carbonyl (C=O) groups excluding carboxylic acids is 2. The molecule has 5 nitrogen and oxygen atoms in total. The number of benzene rings is 1. The van der Waals surface area contributed by atoms with Crippen LogP contribution in [0.1, 0.15) is 30.1 Å². The number of likely N-dealkylation sites (tertiary alicyclic amines) is 1. The average molecular weight is 327 g/mol. The first-order valence-electron chi connectivity index (χ1n) is 7.85. The van der Waals surface area contributed by atoms with E-state index in [1.165, 1.54) is 18.2 Å². The van der Waals surface area contributed by atoms with Crippen LogP contribution in [0.15, 0.2) is 42.6 Å². The number of hydrogen-bond acceptors (Lipinski definition) is 3. The Morgan fingerprint density at radius 2 is 2.12 bits per heavy atom. The number of carbonyl (C=O) groups is 2. The summed E-state index contributed by atoms with van der Waals surface area (Å²) >= 11 is 0. The Balaban J connectivity index is 1.73. The number of amides is 2. The number of anilines is 1. The summed E-state index contributed by atoms with van der Waals surface area (Å²) in [6.45, 7) is 2.13. The highest BCUT2D eigenvalue weighted by Gasteiger charge is 2.34. The van der Waals surface area contributed by atoms with Crippen molar-refractivity contribution >= 4 is 17.5 Å². The number of hydrogen-bond donors (Lipinski definition) is 1. The van der Waals surface area contributed by atoms with E-state index < -0.39 is 11.8 Å².